The Labute approximate surface area is 140 Å². The number of nitriles is 1. The molecule has 1 aliphatic rings. The van der Waals surface area contributed by atoms with Crippen LogP contribution >= 0.6 is 0 Å². The lowest BCUT2D eigenvalue weighted by Gasteiger charge is -2.35. The highest BCUT2D eigenvalue weighted by Crippen LogP contribution is 2.14. The maximum atomic E-state index is 12.2. The van der Waals surface area contributed by atoms with Gasteiger partial charge in [-0.3, -0.25) is 4.98 Å². The first-order chi connectivity index (χ1) is 11.8. The van der Waals surface area contributed by atoms with Crippen molar-refractivity contribution in [1.29, 1.82) is 5.26 Å². The molecule has 0 unspecified atom stereocenters. The van der Waals surface area contributed by atoms with E-state index >= 15 is 0 Å². The van der Waals surface area contributed by atoms with Crippen LogP contribution in [0.4, 0.5) is 10.6 Å². The highest BCUT2D eigenvalue weighted by molar-refractivity contribution is 5.74. The number of nitrogens with zero attached hydrogens (tertiary/aromatic N) is 5. The van der Waals surface area contributed by atoms with Crippen LogP contribution in [-0.4, -0.2) is 47.1 Å². The van der Waals surface area contributed by atoms with Crippen molar-refractivity contribution >= 4 is 11.8 Å². The molecule has 1 aliphatic heterocycles. The van der Waals surface area contributed by atoms with Crippen molar-refractivity contribution < 1.29 is 4.79 Å². The van der Waals surface area contributed by atoms with E-state index in [0.29, 0.717) is 38.3 Å². The summed E-state index contributed by atoms with van der Waals surface area (Å²) >= 11 is 0. The van der Waals surface area contributed by atoms with Crippen molar-refractivity contribution in [2.75, 3.05) is 31.1 Å². The molecular formula is C17H18N6O. The van der Waals surface area contributed by atoms with Crippen molar-refractivity contribution in [1.82, 2.24) is 20.2 Å². The number of carbonyl (C=O) groups excluding carboxylic acids is 1. The second-order valence-corrected chi connectivity index (χ2v) is 5.51. The van der Waals surface area contributed by atoms with E-state index in [1.807, 2.05) is 12.1 Å². The second kappa shape index (κ2) is 7.42. The minimum Gasteiger partial charge on any atom is -0.353 e. The molecule has 3 heterocycles. The number of urea groups is 1. The monoisotopic (exact) mass is 322 g/mol. The summed E-state index contributed by atoms with van der Waals surface area (Å²) in [6.07, 6.45) is 5.09. The lowest BCUT2D eigenvalue weighted by molar-refractivity contribution is 0.194. The quantitative estimate of drug-likeness (QED) is 0.923. The number of carbonyl (C=O) groups is 1. The summed E-state index contributed by atoms with van der Waals surface area (Å²) in [5.41, 5.74) is 1.57. The molecular weight excluding hydrogens is 304 g/mol. The molecule has 0 aliphatic carbocycles. The summed E-state index contributed by atoms with van der Waals surface area (Å²) in [5.74, 6) is 0.782. The number of amides is 2. The van der Waals surface area contributed by atoms with Crippen LogP contribution in [0.5, 0.6) is 0 Å². The van der Waals surface area contributed by atoms with Crippen LogP contribution in [-0.2, 0) is 6.54 Å². The molecule has 0 bridgehead atoms. The van der Waals surface area contributed by atoms with Crippen molar-refractivity contribution in [3.05, 3.63) is 54.0 Å². The van der Waals surface area contributed by atoms with Gasteiger partial charge in [-0.1, -0.05) is 6.07 Å². The van der Waals surface area contributed by atoms with Crippen molar-refractivity contribution in [3.63, 3.8) is 0 Å². The Morgan fingerprint density at radius 3 is 2.79 bits per heavy atom. The summed E-state index contributed by atoms with van der Waals surface area (Å²) in [6, 6.07) is 9.29. The number of hydrogen-bond donors (Lipinski definition) is 1. The number of anilines is 1. The molecule has 0 atom stereocenters. The average Bonchev–Trinajstić information content (AvgIpc) is 2.67. The van der Waals surface area contributed by atoms with Crippen LogP contribution in [0.3, 0.4) is 0 Å². The van der Waals surface area contributed by atoms with E-state index in [4.69, 9.17) is 5.26 Å². The van der Waals surface area contributed by atoms with Gasteiger partial charge in [0.25, 0.3) is 0 Å². The topological polar surface area (TPSA) is 85.2 Å². The van der Waals surface area contributed by atoms with Gasteiger partial charge in [-0.15, -0.1) is 0 Å². The molecule has 1 N–H and O–H groups in total. The molecule has 24 heavy (non-hydrogen) atoms. The minimum atomic E-state index is -0.0720. The van der Waals surface area contributed by atoms with Gasteiger partial charge in [-0.2, -0.15) is 5.26 Å². The molecule has 3 rings (SSSR count). The van der Waals surface area contributed by atoms with Crippen LogP contribution in [0.2, 0.25) is 0 Å². The van der Waals surface area contributed by atoms with Crippen LogP contribution in [0.1, 0.15) is 11.1 Å². The van der Waals surface area contributed by atoms with E-state index in [1.165, 1.54) is 0 Å². The molecule has 7 heteroatoms. The van der Waals surface area contributed by atoms with E-state index in [0.717, 1.165) is 11.4 Å². The smallest absolute Gasteiger partial charge is 0.317 e. The highest BCUT2D eigenvalue weighted by Gasteiger charge is 2.21. The van der Waals surface area contributed by atoms with Gasteiger partial charge in [0.15, 0.2) is 0 Å². The molecule has 0 saturated carbocycles. The fourth-order valence-corrected chi connectivity index (χ4v) is 2.59. The second-order valence-electron chi connectivity index (χ2n) is 5.51. The van der Waals surface area contributed by atoms with Gasteiger partial charge in [-0.25, -0.2) is 9.78 Å². The average molecular weight is 322 g/mol. The Morgan fingerprint density at radius 2 is 2.08 bits per heavy atom. The molecule has 0 radical (unpaired) electrons. The lowest BCUT2D eigenvalue weighted by Crippen LogP contribution is -2.51. The third kappa shape index (κ3) is 3.79. The maximum absolute atomic E-state index is 12.2. The van der Waals surface area contributed by atoms with E-state index in [1.54, 1.807) is 35.6 Å². The predicted molar refractivity (Wildman–Crippen MR) is 89.2 cm³/mol. The summed E-state index contributed by atoms with van der Waals surface area (Å²) in [6.45, 7) is 3.11. The van der Waals surface area contributed by atoms with Crippen LogP contribution in [0.25, 0.3) is 0 Å². The van der Waals surface area contributed by atoms with E-state index in [-0.39, 0.29) is 6.03 Å². The fourth-order valence-electron chi connectivity index (χ4n) is 2.59. The van der Waals surface area contributed by atoms with Gasteiger partial charge in [0.05, 0.1) is 11.6 Å². The Balaban J connectivity index is 1.51. The number of nitrogens with one attached hydrogen (secondary N) is 1. The molecule has 1 saturated heterocycles. The number of aromatic nitrogens is 2. The van der Waals surface area contributed by atoms with Crippen molar-refractivity contribution in [2.45, 2.75) is 6.54 Å². The van der Waals surface area contributed by atoms with Crippen molar-refractivity contribution in [3.8, 4) is 6.07 Å². The zero-order valence-corrected chi connectivity index (χ0v) is 13.2. The van der Waals surface area contributed by atoms with Gasteiger partial charge < -0.3 is 15.1 Å². The number of piperazine rings is 1. The molecule has 0 aromatic carbocycles. The van der Waals surface area contributed by atoms with Gasteiger partial charge in [-0.05, 0) is 23.8 Å². The van der Waals surface area contributed by atoms with E-state index in [2.05, 4.69) is 26.3 Å². The van der Waals surface area contributed by atoms with E-state index < -0.39 is 0 Å². The number of pyridine rings is 2. The molecule has 7 nitrogen and oxygen atoms in total. The Hall–Kier alpha value is -3.14. The molecule has 0 spiro atoms. The van der Waals surface area contributed by atoms with Crippen LogP contribution < -0.4 is 10.2 Å². The van der Waals surface area contributed by atoms with Gasteiger partial charge in [0.1, 0.15) is 5.82 Å². The fraction of sp³-hybridized carbons (Fsp3) is 0.294. The highest BCUT2D eigenvalue weighted by atomic mass is 16.2. The first-order valence-corrected chi connectivity index (χ1v) is 7.79. The van der Waals surface area contributed by atoms with E-state index in [9.17, 15) is 4.79 Å². The minimum absolute atomic E-state index is 0.0720. The summed E-state index contributed by atoms with van der Waals surface area (Å²) in [7, 11) is 0. The van der Waals surface area contributed by atoms with Gasteiger partial charge in [0, 0.05) is 51.3 Å². The third-order valence-electron chi connectivity index (χ3n) is 3.93. The Bertz CT molecular complexity index is 734. The third-order valence-corrected chi connectivity index (χ3v) is 3.93. The molecule has 2 aromatic rings. The number of rotatable bonds is 3. The standard InChI is InChI=1S/C17H18N6O/c18-11-14-3-5-20-16(10-14)22-6-8-23(9-7-22)17(24)21-13-15-2-1-4-19-12-15/h1-5,10,12H,6-9,13H2,(H,21,24). The lowest BCUT2D eigenvalue weighted by atomic mass is 10.2. The molecule has 2 amide bonds. The largest absolute Gasteiger partial charge is 0.353 e. The zero-order valence-electron chi connectivity index (χ0n) is 13.2. The normalized spacial score (nSPS) is 14.1. The Morgan fingerprint density at radius 1 is 1.25 bits per heavy atom. The molecule has 122 valence electrons. The summed E-state index contributed by atoms with van der Waals surface area (Å²) in [4.78, 5) is 24.5. The zero-order chi connectivity index (χ0) is 16.8. The number of hydrogen-bond acceptors (Lipinski definition) is 5. The predicted octanol–water partition coefficient (Wildman–Crippen LogP) is 1.38. The molecule has 1 fully saturated rings. The Kier molecular flexibility index (Phi) is 4.87. The SMILES string of the molecule is N#Cc1ccnc(N2CCN(C(=O)NCc3cccnc3)CC2)c1. The maximum Gasteiger partial charge on any atom is 0.317 e. The van der Waals surface area contributed by atoms with Crippen molar-refractivity contribution in [2.24, 2.45) is 0 Å². The summed E-state index contributed by atoms with van der Waals surface area (Å²) < 4.78 is 0. The summed E-state index contributed by atoms with van der Waals surface area (Å²) in [5, 5.41) is 11.9. The van der Waals surface area contributed by atoms with Gasteiger partial charge >= 0.3 is 6.03 Å². The van der Waals surface area contributed by atoms with Crippen LogP contribution in [0, 0.1) is 11.3 Å². The first kappa shape index (κ1) is 15.7. The molecule has 2 aromatic heterocycles. The van der Waals surface area contributed by atoms with Crippen LogP contribution in [0.15, 0.2) is 42.9 Å². The van der Waals surface area contributed by atoms with Gasteiger partial charge in [0.2, 0.25) is 0 Å². The first-order valence-electron chi connectivity index (χ1n) is 7.79.